The van der Waals surface area contributed by atoms with Crippen molar-refractivity contribution in [3.8, 4) is 0 Å². The van der Waals surface area contributed by atoms with Crippen LogP contribution >= 0.6 is 23.4 Å². The van der Waals surface area contributed by atoms with Crippen LogP contribution in [0.25, 0.3) is 0 Å². The van der Waals surface area contributed by atoms with Crippen LogP contribution in [0.4, 0.5) is 5.69 Å². The van der Waals surface area contributed by atoms with Crippen LogP contribution in [-0.2, 0) is 10.5 Å². The predicted octanol–water partition coefficient (Wildman–Crippen LogP) is 3.63. The molecule has 0 heterocycles. The molecule has 0 saturated heterocycles. The van der Waals surface area contributed by atoms with Crippen LogP contribution in [0.2, 0.25) is 5.02 Å². The summed E-state index contributed by atoms with van der Waals surface area (Å²) in [4.78, 5) is 21.9. The van der Waals surface area contributed by atoms with Crippen LogP contribution < -0.4 is 5.43 Å². The average molecular weight is 364 g/mol. The van der Waals surface area contributed by atoms with E-state index in [1.165, 1.54) is 30.1 Å². The van der Waals surface area contributed by atoms with Gasteiger partial charge in [0.05, 0.1) is 16.9 Å². The van der Waals surface area contributed by atoms with Gasteiger partial charge in [-0.15, -0.1) is 11.8 Å². The zero-order valence-electron chi connectivity index (χ0n) is 12.5. The van der Waals surface area contributed by atoms with Gasteiger partial charge in [0.2, 0.25) is 5.91 Å². The summed E-state index contributed by atoms with van der Waals surface area (Å²) in [6.45, 7) is 0. The fourth-order valence-corrected chi connectivity index (χ4v) is 2.90. The lowest BCUT2D eigenvalue weighted by Gasteiger charge is -2.03. The number of nitrogens with one attached hydrogen (secondary N) is 1. The maximum Gasteiger partial charge on any atom is 0.270 e. The molecule has 0 atom stereocenters. The lowest BCUT2D eigenvalue weighted by molar-refractivity contribution is -0.384. The zero-order valence-corrected chi connectivity index (χ0v) is 14.1. The highest BCUT2D eigenvalue weighted by molar-refractivity contribution is 7.99. The number of nitro groups is 1. The smallest absolute Gasteiger partial charge is 0.270 e. The Labute approximate surface area is 148 Å². The SMILES string of the molecule is O=C(CSCc1ccccc1Cl)N/N=C\c1cccc([N+](=O)[O-])c1. The number of hydrazone groups is 1. The number of carbonyl (C=O) groups is 1. The first-order chi connectivity index (χ1) is 11.6. The molecule has 0 aliphatic heterocycles. The maximum atomic E-state index is 11.7. The molecule has 0 aliphatic rings. The Morgan fingerprint density at radius 3 is 2.83 bits per heavy atom. The number of halogens is 1. The molecule has 0 saturated carbocycles. The number of hydrogen-bond donors (Lipinski definition) is 1. The number of hydrogen-bond acceptors (Lipinski definition) is 5. The van der Waals surface area contributed by atoms with Gasteiger partial charge in [-0.05, 0) is 11.6 Å². The van der Waals surface area contributed by atoms with Crippen LogP contribution in [0.5, 0.6) is 0 Å². The fraction of sp³-hybridized carbons (Fsp3) is 0.125. The van der Waals surface area contributed by atoms with E-state index in [1.807, 2.05) is 18.2 Å². The molecule has 124 valence electrons. The monoisotopic (exact) mass is 363 g/mol. The van der Waals surface area contributed by atoms with E-state index in [0.29, 0.717) is 16.3 Å². The maximum absolute atomic E-state index is 11.7. The Bertz CT molecular complexity index is 768. The van der Waals surface area contributed by atoms with Gasteiger partial charge in [-0.25, -0.2) is 5.43 Å². The van der Waals surface area contributed by atoms with Crippen molar-refractivity contribution in [2.75, 3.05) is 5.75 Å². The summed E-state index contributed by atoms with van der Waals surface area (Å²) < 4.78 is 0. The summed E-state index contributed by atoms with van der Waals surface area (Å²) >= 11 is 7.46. The number of rotatable bonds is 7. The van der Waals surface area contributed by atoms with Gasteiger partial charge in [0.1, 0.15) is 0 Å². The molecule has 1 N–H and O–H groups in total. The molecule has 24 heavy (non-hydrogen) atoms. The molecule has 0 fully saturated rings. The Morgan fingerprint density at radius 2 is 2.08 bits per heavy atom. The van der Waals surface area contributed by atoms with Crippen molar-refractivity contribution in [3.05, 3.63) is 74.8 Å². The summed E-state index contributed by atoms with van der Waals surface area (Å²) in [6, 6.07) is 13.4. The third kappa shape index (κ3) is 5.68. The minimum atomic E-state index is -0.485. The molecule has 0 unspecified atom stereocenters. The van der Waals surface area contributed by atoms with E-state index in [1.54, 1.807) is 18.2 Å². The van der Waals surface area contributed by atoms with E-state index < -0.39 is 4.92 Å². The van der Waals surface area contributed by atoms with Gasteiger partial charge in [0.15, 0.2) is 0 Å². The van der Waals surface area contributed by atoms with Crippen molar-refractivity contribution in [3.63, 3.8) is 0 Å². The number of amides is 1. The van der Waals surface area contributed by atoms with E-state index >= 15 is 0 Å². The number of nitrogens with zero attached hydrogens (tertiary/aromatic N) is 2. The second-order valence-corrected chi connectivity index (χ2v) is 6.12. The molecule has 0 aliphatic carbocycles. The minimum absolute atomic E-state index is 0.0272. The van der Waals surface area contributed by atoms with Gasteiger partial charge < -0.3 is 0 Å². The summed E-state index contributed by atoms with van der Waals surface area (Å²) in [7, 11) is 0. The number of thioether (sulfide) groups is 1. The van der Waals surface area contributed by atoms with Crippen molar-refractivity contribution < 1.29 is 9.72 Å². The first kappa shape index (κ1) is 18.0. The predicted molar refractivity (Wildman–Crippen MR) is 96.4 cm³/mol. The van der Waals surface area contributed by atoms with Gasteiger partial charge in [-0.3, -0.25) is 14.9 Å². The lowest BCUT2D eigenvalue weighted by Crippen LogP contribution is -2.19. The zero-order chi connectivity index (χ0) is 17.4. The topological polar surface area (TPSA) is 84.6 Å². The Balaban J connectivity index is 1.78. The number of carbonyl (C=O) groups excluding carboxylic acids is 1. The molecule has 0 radical (unpaired) electrons. The van der Waals surface area contributed by atoms with Crippen LogP contribution in [-0.4, -0.2) is 22.8 Å². The third-order valence-corrected chi connectivity index (χ3v) is 4.28. The van der Waals surface area contributed by atoms with E-state index in [4.69, 9.17) is 11.6 Å². The van der Waals surface area contributed by atoms with Gasteiger partial charge in [0, 0.05) is 28.5 Å². The third-order valence-electron chi connectivity index (χ3n) is 2.93. The van der Waals surface area contributed by atoms with Crippen LogP contribution in [0, 0.1) is 10.1 Å². The van der Waals surface area contributed by atoms with E-state index in [2.05, 4.69) is 10.5 Å². The molecule has 0 bridgehead atoms. The molecule has 2 rings (SSSR count). The first-order valence-corrected chi connectivity index (χ1v) is 8.47. The normalized spacial score (nSPS) is 10.7. The van der Waals surface area contributed by atoms with E-state index in [9.17, 15) is 14.9 Å². The standard InChI is InChI=1S/C16H14ClN3O3S/c17-15-7-2-1-5-13(15)10-24-11-16(21)19-18-9-12-4-3-6-14(8-12)20(22)23/h1-9H,10-11H2,(H,19,21)/b18-9-. The molecular formula is C16H14ClN3O3S. The average Bonchev–Trinajstić information content (AvgIpc) is 2.57. The van der Waals surface area contributed by atoms with Crippen molar-refractivity contribution >= 4 is 41.2 Å². The molecule has 1 amide bonds. The molecule has 0 spiro atoms. The summed E-state index contributed by atoms with van der Waals surface area (Å²) in [6.07, 6.45) is 1.36. The molecular weight excluding hydrogens is 350 g/mol. The molecule has 0 aromatic heterocycles. The second kappa shape index (κ2) is 9.05. The highest BCUT2D eigenvalue weighted by Gasteiger charge is 2.05. The molecule has 2 aromatic carbocycles. The molecule has 6 nitrogen and oxygen atoms in total. The summed E-state index contributed by atoms with van der Waals surface area (Å²) in [5.41, 5.74) is 3.87. The Morgan fingerprint density at radius 1 is 1.29 bits per heavy atom. The van der Waals surface area contributed by atoms with Crippen LogP contribution in [0.15, 0.2) is 53.6 Å². The Kier molecular flexibility index (Phi) is 6.77. The second-order valence-electron chi connectivity index (χ2n) is 4.73. The molecule has 2 aromatic rings. The molecule has 8 heteroatoms. The quantitative estimate of drug-likeness (QED) is 0.462. The van der Waals surface area contributed by atoms with E-state index in [0.717, 1.165) is 5.56 Å². The van der Waals surface area contributed by atoms with Crippen LogP contribution in [0.1, 0.15) is 11.1 Å². The van der Waals surface area contributed by atoms with Crippen molar-refractivity contribution in [2.24, 2.45) is 5.10 Å². The van der Waals surface area contributed by atoms with Gasteiger partial charge in [-0.2, -0.15) is 5.10 Å². The minimum Gasteiger partial charge on any atom is -0.272 e. The number of benzene rings is 2. The number of non-ortho nitro benzene ring substituents is 1. The van der Waals surface area contributed by atoms with Gasteiger partial charge in [-0.1, -0.05) is 41.9 Å². The Hall–Kier alpha value is -2.38. The van der Waals surface area contributed by atoms with E-state index in [-0.39, 0.29) is 17.3 Å². The first-order valence-electron chi connectivity index (χ1n) is 6.94. The van der Waals surface area contributed by atoms with Gasteiger partial charge in [0.25, 0.3) is 5.69 Å². The summed E-state index contributed by atoms with van der Waals surface area (Å²) in [5, 5.41) is 15.1. The van der Waals surface area contributed by atoms with Crippen molar-refractivity contribution in [2.45, 2.75) is 5.75 Å². The van der Waals surface area contributed by atoms with Crippen molar-refractivity contribution in [1.29, 1.82) is 0 Å². The summed E-state index contributed by atoms with van der Waals surface area (Å²) in [5.74, 6) is 0.605. The number of nitro benzene ring substituents is 1. The highest BCUT2D eigenvalue weighted by atomic mass is 35.5. The largest absolute Gasteiger partial charge is 0.272 e. The van der Waals surface area contributed by atoms with Crippen molar-refractivity contribution in [1.82, 2.24) is 5.43 Å². The lowest BCUT2D eigenvalue weighted by atomic mass is 10.2. The van der Waals surface area contributed by atoms with Crippen LogP contribution in [0.3, 0.4) is 0 Å². The van der Waals surface area contributed by atoms with Gasteiger partial charge >= 0.3 is 0 Å². The fourth-order valence-electron chi connectivity index (χ4n) is 1.80. The highest BCUT2D eigenvalue weighted by Crippen LogP contribution is 2.20.